The number of hydrogen-bond acceptors (Lipinski definition) is 0. The largest absolute Gasteiger partial charge is 0.0846 e. The Hall–Kier alpha value is -0.780. The highest BCUT2D eigenvalue weighted by atomic mass is 13.8. The maximum atomic E-state index is 5.25. The summed E-state index contributed by atoms with van der Waals surface area (Å²) >= 11 is 0. The van der Waals surface area contributed by atoms with Crippen LogP contribution < -0.4 is 0 Å². The molecule has 0 amide bonds. The van der Waals surface area contributed by atoms with E-state index in [1.54, 1.807) is 6.08 Å². The van der Waals surface area contributed by atoms with Crippen molar-refractivity contribution >= 4 is 0 Å². The molecular weight excluding hydrogens is 144 g/mol. The molecule has 0 bridgehead atoms. The van der Waals surface area contributed by atoms with Crippen LogP contribution in [0.1, 0.15) is 39.0 Å². The van der Waals surface area contributed by atoms with Crippen molar-refractivity contribution in [2.75, 3.05) is 0 Å². The summed E-state index contributed by atoms with van der Waals surface area (Å²) in [5, 5.41) is 0. The van der Waals surface area contributed by atoms with Crippen molar-refractivity contribution in [3.63, 3.8) is 0 Å². The quantitative estimate of drug-likeness (QED) is 0.392. The molecule has 0 unspecified atom stereocenters. The zero-order valence-corrected chi connectivity index (χ0v) is 8.00. The Labute approximate surface area is 76.7 Å². The number of hydrogen-bond donors (Lipinski definition) is 0. The van der Waals surface area contributed by atoms with Crippen LogP contribution in [0, 0.1) is 6.58 Å². The summed E-state index contributed by atoms with van der Waals surface area (Å²) in [5.74, 6) is 0. The molecule has 0 spiro atoms. The molecule has 0 heterocycles. The van der Waals surface area contributed by atoms with Crippen LogP contribution in [0.3, 0.4) is 0 Å². The van der Waals surface area contributed by atoms with E-state index in [1.807, 2.05) is 0 Å². The highest BCUT2D eigenvalue weighted by Gasteiger charge is 1.77. The first-order chi connectivity index (χ1) is 5.91. The van der Waals surface area contributed by atoms with E-state index in [4.69, 9.17) is 6.58 Å². The van der Waals surface area contributed by atoms with Gasteiger partial charge in [0.25, 0.3) is 0 Å². The summed E-state index contributed by atoms with van der Waals surface area (Å²) in [7, 11) is 0. The Morgan fingerprint density at radius 1 is 1.00 bits per heavy atom. The lowest BCUT2D eigenvalue weighted by Crippen LogP contribution is -1.67. The molecule has 0 aromatic carbocycles. The minimum atomic E-state index is 1.02. The minimum Gasteiger partial charge on any atom is -0.0846 e. The molecule has 0 N–H and O–H groups in total. The van der Waals surface area contributed by atoms with E-state index >= 15 is 0 Å². The molecule has 0 atom stereocenters. The fourth-order valence-electron chi connectivity index (χ4n) is 0.870. The molecule has 0 heteroatoms. The topological polar surface area (TPSA) is 0 Å². The maximum Gasteiger partial charge on any atom is -0.0345 e. The first-order valence-corrected chi connectivity index (χ1v) is 4.77. The third-order valence-corrected chi connectivity index (χ3v) is 1.58. The van der Waals surface area contributed by atoms with Gasteiger partial charge >= 0.3 is 0 Å². The molecule has 0 aliphatic heterocycles. The summed E-state index contributed by atoms with van der Waals surface area (Å²) in [6.45, 7) is 7.43. The van der Waals surface area contributed by atoms with Crippen LogP contribution in [0.25, 0.3) is 0 Å². The molecule has 0 aromatic heterocycles. The van der Waals surface area contributed by atoms with Crippen LogP contribution in [0.15, 0.2) is 30.4 Å². The lowest BCUT2D eigenvalue weighted by Gasteiger charge is -1.87. The van der Waals surface area contributed by atoms with Gasteiger partial charge in [-0.15, -0.1) is 0 Å². The van der Waals surface area contributed by atoms with Crippen LogP contribution in [0.2, 0.25) is 0 Å². The predicted octanol–water partition coefficient (Wildman–Crippen LogP) is 4.06. The van der Waals surface area contributed by atoms with Crippen molar-refractivity contribution < 1.29 is 0 Å². The Morgan fingerprint density at radius 3 is 2.25 bits per heavy atom. The van der Waals surface area contributed by atoms with Gasteiger partial charge in [0.05, 0.1) is 0 Å². The minimum absolute atomic E-state index is 1.02. The summed E-state index contributed by atoms with van der Waals surface area (Å²) in [6, 6.07) is 0. The predicted molar refractivity (Wildman–Crippen MR) is 55.9 cm³/mol. The van der Waals surface area contributed by atoms with Crippen molar-refractivity contribution in [2.24, 2.45) is 0 Å². The zero-order valence-electron chi connectivity index (χ0n) is 8.00. The normalized spacial score (nSPS) is 11.4. The SMILES string of the molecule is [CH]=CCCCC=CC=CCCC. The maximum absolute atomic E-state index is 5.25. The van der Waals surface area contributed by atoms with E-state index in [-0.39, 0.29) is 0 Å². The standard InChI is InChI=1S/C12H19/c1-3-5-7-9-11-12-10-8-6-4-2/h1,3,8,10-12H,4-7,9H2,2H3. The average molecular weight is 163 g/mol. The second-order valence-corrected chi connectivity index (χ2v) is 2.81. The van der Waals surface area contributed by atoms with Crippen LogP contribution >= 0.6 is 0 Å². The van der Waals surface area contributed by atoms with Crippen molar-refractivity contribution in [3.8, 4) is 0 Å². The molecule has 0 rings (SSSR count). The summed E-state index contributed by atoms with van der Waals surface area (Å²) < 4.78 is 0. The third kappa shape index (κ3) is 9.22. The Bertz CT molecular complexity index is 140. The second kappa shape index (κ2) is 10.2. The van der Waals surface area contributed by atoms with E-state index in [1.165, 1.54) is 12.8 Å². The van der Waals surface area contributed by atoms with E-state index in [2.05, 4.69) is 31.2 Å². The fourth-order valence-corrected chi connectivity index (χ4v) is 0.870. The van der Waals surface area contributed by atoms with Gasteiger partial charge in [0.1, 0.15) is 0 Å². The van der Waals surface area contributed by atoms with E-state index in [0.29, 0.717) is 0 Å². The van der Waals surface area contributed by atoms with E-state index < -0.39 is 0 Å². The highest BCUT2D eigenvalue weighted by Crippen LogP contribution is 1.97. The molecule has 1 radical (unpaired) electrons. The molecule has 12 heavy (non-hydrogen) atoms. The molecular formula is C12H19. The summed E-state index contributed by atoms with van der Waals surface area (Å²) in [6.07, 6.45) is 16.1. The van der Waals surface area contributed by atoms with Crippen molar-refractivity contribution in [1.82, 2.24) is 0 Å². The summed E-state index contributed by atoms with van der Waals surface area (Å²) in [5.41, 5.74) is 0. The third-order valence-electron chi connectivity index (χ3n) is 1.58. The number of allylic oxidation sites excluding steroid dienone is 5. The van der Waals surface area contributed by atoms with Crippen LogP contribution in [-0.2, 0) is 0 Å². The molecule has 0 saturated carbocycles. The van der Waals surface area contributed by atoms with Crippen LogP contribution in [0.5, 0.6) is 0 Å². The van der Waals surface area contributed by atoms with Crippen LogP contribution in [0.4, 0.5) is 0 Å². The highest BCUT2D eigenvalue weighted by molar-refractivity contribution is 5.02. The Balaban J connectivity index is 3.18. The van der Waals surface area contributed by atoms with Gasteiger partial charge in [0.2, 0.25) is 0 Å². The van der Waals surface area contributed by atoms with Gasteiger partial charge in [-0.3, -0.25) is 0 Å². The Kier molecular flexibility index (Phi) is 9.56. The molecule has 0 fully saturated rings. The van der Waals surface area contributed by atoms with Gasteiger partial charge in [-0.2, -0.15) is 0 Å². The lowest BCUT2D eigenvalue weighted by molar-refractivity contribution is 0.868. The zero-order chi connectivity index (χ0) is 9.07. The second-order valence-electron chi connectivity index (χ2n) is 2.81. The van der Waals surface area contributed by atoms with Crippen LogP contribution in [-0.4, -0.2) is 0 Å². The number of rotatable bonds is 7. The lowest BCUT2D eigenvalue weighted by atomic mass is 10.2. The first kappa shape index (κ1) is 11.2. The van der Waals surface area contributed by atoms with Gasteiger partial charge < -0.3 is 0 Å². The summed E-state index contributed by atoms with van der Waals surface area (Å²) in [4.78, 5) is 0. The molecule has 0 aliphatic rings. The first-order valence-electron chi connectivity index (χ1n) is 4.77. The molecule has 0 saturated heterocycles. The van der Waals surface area contributed by atoms with E-state index in [0.717, 1.165) is 19.3 Å². The molecule has 0 nitrogen and oxygen atoms in total. The van der Waals surface area contributed by atoms with Gasteiger partial charge in [-0.05, 0) is 25.7 Å². The number of unbranched alkanes of at least 4 members (excludes halogenated alkanes) is 3. The van der Waals surface area contributed by atoms with Gasteiger partial charge in [0.15, 0.2) is 0 Å². The molecule has 0 aliphatic carbocycles. The molecule has 0 aromatic rings. The average Bonchev–Trinajstić information content (AvgIpc) is 2.10. The fraction of sp³-hybridized carbons (Fsp3) is 0.500. The van der Waals surface area contributed by atoms with Gasteiger partial charge in [0, 0.05) is 0 Å². The van der Waals surface area contributed by atoms with Crippen molar-refractivity contribution in [2.45, 2.75) is 39.0 Å². The molecule has 67 valence electrons. The van der Waals surface area contributed by atoms with Crippen molar-refractivity contribution in [3.05, 3.63) is 37.0 Å². The van der Waals surface area contributed by atoms with Gasteiger partial charge in [-0.1, -0.05) is 50.3 Å². The Morgan fingerprint density at radius 2 is 1.67 bits per heavy atom. The monoisotopic (exact) mass is 163 g/mol. The van der Waals surface area contributed by atoms with Gasteiger partial charge in [-0.25, -0.2) is 0 Å². The van der Waals surface area contributed by atoms with Crippen molar-refractivity contribution in [1.29, 1.82) is 0 Å². The smallest absolute Gasteiger partial charge is 0.0345 e. The van der Waals surface area contributed by atoms with E-state index in [9.17, 15) is 0 Å².